The summed E-state index contributed by atoms with van der Waals surface area (Å²) in [4.78, 5) is 22.6. The summed E-state index contributed by atoms with van der Waals surface area (Å²) in [7, 11) is -16.5. The Morgan fingerprint density at radius 1 is 0.500 bits per heavy atom. The van der Waals surface area contributed by atoms with E-state index >= 15 is 0 Å². The maximum absolute atomic E-state index is 12.3. The van der Waals surface area contributed by atoms with E-state index in [0.29, 0.717) is 0 Å². The minimum atomic E-state index is -5.17. The van der Waals surface area contributed by atoms with Gasteiger partial charge in [-0.25, -0.2) is 33.7 Å². The van der Waals surface area contributed by atoms with Crippen molar-refractivity contribution in [2.45, 2.75) is 9.79 Å². The zero-order valence-electron chi connectivity index (χ0n) is 31.7. The van der Waals surface area contributed by atoms with Crippen LogP contribution in [0.15, 0.2) is 46.2 Å². The molecule has 292 valence electrons. The Hall–Kier alpha value is -1.36. The molecule has 2 aromatic heterocycles. The minimum absolute atomic E-state index is 0. The van der Waals surface area contributed by atoms with E-state index in [9.17, 15) is 51.9 Å². The van der Waals surface area contributed by atoms with Crippen LogP contribution in [0, 0.1) is 0 Å². The molecule has 2 heterocycles. The standard InChI is InChI=1S/C26H32N12O12S4.4Na/c1-27-21-33-23(29-9-11-51(39,40)41)37-25(35-21)31-17-7-5-15(19(13-17)53(45,46)47)3-4-16-6-8-18(14-20(16)54(48,49)50)32-26-36-22(28-2)34-24(38-26)30-10-12-52(42,43)44;;;;/h3-8,13-14H,9-12H2,1-2H3,(H,39,40,41)(H,42,43,44)(H,45,46,47)(H,48,49,50)(H3,27,29,31,33,35,37)(H3,28,30,32,34,36,38);;;;/q;4*+1/p-4. The second kappa shape index (κ2) is 24.3. The van der Waals surface area contributed by atoms with Crippen LogP contribution in [-0.4, -0.2) is 120 Å². The third kappa shape index (κ3) is 18.7. The number of rotatable bonds is 18. The summed E-state index contributed by atoms with van der Waals surface area (Å²) in [6.07, 6.45) is 2.18. The summed E-state index contributed by atoms with van der Waals surface area (Å²) in [5.41, 5.74) is -0.409. The van der Waals surface area contributed by atoms with E-state index < -0.39 is 61.8 Å². The van der Waals surface area contributed by atoms with E-state index in [-0.39, 0.29) is 190 Å². The van der Waals surface area contributed by atoms with E-state index in [2.05, 4.69) is 61.8 Å². The molecule has 0 fully saturated rings. The van der Waals surface area contributed by atoms with Crippen LogP contribution in [0.4, 0.5) is 47.1 Å². The number of benzene rings is 2. The molecule has 0 amide bonds. The first-order valence-corrected chi connectivity index (χ1v) is 20.7. The molecule has 0 unspecified atom stereocenters. The molecule has 0 aliphatic heterocycles. The molecule has 4 rings (SSSR count). The molecule has 4 aromatic rings. The van der Waals surface area contributed by atoms with Crippen molar-refractivity contribution in [1.29, 1.82) is 0 Å². The van der Waals surface area contributed by atoms with Crippen molar-refractivity contribution in [2.24, 2.45) is 0 Å². The van der Waals surface area contributed by atoms with Crippen molar-refractivity contribution < 1.29 is 170 Å². The molecule has 0 aliphatic carbocycles. The average molecular weight is 921 g/mol. The molecule has 32 heteroatoms. The van der Waals surface area contributed by atoms with Crippen molar-refractivity contribution in [1.82, 2.24) is 29.9 Å². The molecule has 58 heavy (non-hydrogen) atoms. The van der Waals surface area contributed by atoms with Gasteiger partial charge in [0.2, 0.25) is 35.7 Å². The van der Waals surface area contributed by atoms with Crippen LogP contribution >= 0.6 is 0 Å². The van der Waals surface area contributed by atoms with Gasteiger partial charge in [0.15, 0.2) is 0 Å². The van der Waals surface area contributed by atoms with Crippen molar-refractivity contribution in [3.05, 3.63) is 47.5 Å². The number of hydrogen-bond donors (Lipinski definition) is 6. The van der Waals surface area contributed by atoms with Crippen molar-refractivity contribution in [3.63, 3.8) is 0 Å². The molecule has 0 atom stereocenters. The van der Waals surface area contributed by atoms with E-state index in [0.717, 1.165) is 24.3 Å². The molecule has 6 N–H and O–H groups in total. The maximum Gasteiger partial charge on any atom is 1.00 e. The van der Waals surface area contributed by atoms with Gasteiger partial charge in [-0.2, -0.15) is 29.9 Å². The molecule has 24 nitrogen and oxygen atoms in total. The van der Waals surface area contributed by atoms with Gasteiger partial charge >= 0.3 is 118 Å². The quantitative estimate of drug-likeness (QED) is 0.0306. The Balaban J connectivity index is 0.00000812. The van der Waals surface area contributed by atoms with Crippen molar-refractivity contribution in [3.8, 4) is 0 Å². The smallest absolute Gasteiger partial charge is 0.748 e. The van der Waals surface area contributed by atoms with E-state index in [4.69, 9.17) is 0 Å². The monoisotopic (exact) mass is 920 g/mol. The summed E-state index contributed by atoms with van der Waals surface area (Å²) >= 11 is 0. The molecule has 0 aliphatic rings. The van der Waals surface area contributed by atoms with Crippen molar-refractivity contribution >= 4 is 99.7 Å². The first-order chi connectivity index (χ1) is 25.1. The zero-order valence-corrected chi connectivity index (χ0v) is 42.9. The first kappa shape index (κ1) is 56.6. The summed E-state index contributed by atoms with van der Waals surface area (Å²) < 4.78 is 139. The van der Waals surface area contributed by atoms with Gasteiger partial charge in [-0.15, -0.1) is 0 Å². The van der Waals surface area contributed by atoms with Crippen LogP contribution in [0.5, 0.6) is 0 Å². The molecule has 0 bridgehead atoms. The maximum atomic E-state index is 12.3. The fourth-order valence-corrected chi connectivity index (χ4v) is 6.29. The largest absolute Gasteiger partial charge is 1.00 e. The van der Waals surface area contributed by atoms with Crippen LogP contribution in [0.25, 0.3) is 12.2 Å². The van der Waals surface area contributed by atoms with Gasteiger partial charge in [0.05, 0.1) is 41.5 Å². The fraction of sp³-hybridized carbons (Fsp3) is 0.231. The second-order valence-electron chi connectivity index (χ2n) is 10.5. The van der Waals surface area contributed by atoms with E-state index in [1.807, 2.05) is 0 Å². The SMILES string of the molecule is CNc1nc(NCCS(=O)(=O)[O-])nc(Nc2ccc(C=Cc3ccc(Nc4nc(NC)nc(NCCS(=O)(=O)[O-])n4)cc3S(=O)(=O)[O-])c(S(=O)(=O)[O-])c2)n1.[Na+].[Na+].[Na+].[Na+]. The fourth-order valence-electron chi connectivity index (χ4n) is 4.19. The summed E-state index contributed by atoms with van der Waals surface area (Å²) in [6.45, 7) is -0.658. The molecular weight excluding hydrogens is 893 g/mol. The van der Waals surface area contributed by atoms with Crippen LogP contribution in [0.2, 0.25) is 0 Å². The van der Waals surface area contributed by atoms with Crippen LogP contribution in [-0.2, 0) is 40.5 Å². The number of aromatic nitrogens is 6. The minimum Gasteiger partial charge on any atom is -0.748 e. The molecular formula is C26H28N12Na4O12S4. The topological polar surface area (TPSA) is 378 Å². The summed E-state index contributed by atoms with van der Waals surface area (Å²) in [5, 5.41) is 15.7. The number of hydrogen-bond acceptors (Lipinski definition) is 24. The molecule has 0 saturated heterocycles. The molecule has 0 saturated carbocycles. The van der Waals surface area contributed by atoms with Crippen LogP contribution in [0.1, 0.15) is 11.1 Å². The normalized spacial score (nSPS) is 11.5. The predicted octanol–water partition coefficient (Wildman–Crippen LogP) is -12.5. The second-order valence-corrected chi connectivity index (χ2v) is 16.2. The summed E-state index contributed by atoms with van der Waals surface area (Å²) in [5.74, 6) is -2.20. The Bertz CT molecular complexity index is 2350. The van der Waals surface area contributed by atoms with Gasteiger partial charge in [-0.05, 0) is 35.4 Å². The Kier molecular flexibility index (Phi) is 23.8. The Labute approximate surface area is 422 Å². The predicted molar refractivity (Wildman–Crippen MR) is 189 cm³/mol. The summed E-state index contributed by atoms with van der Waals surface area (Å²) in [6, 6.07) is 6.92. The first-order valence-electron chi connectivity index (χ1n) is 14.8. The molecule has 0 radical (unpaired) electrons. The van der Waals surface area contributed by atoms with Gasteiger partial charge in [-0.3, -0.25) is 0 Å². The van der Waals surface area contributed by atoms with Gasteiger partial charge in [0, 0.05) is 38.6 Å². The van der Waals surface area contributed by atoms with Crippen molar-refractivity contribution in [2.75, 3.05) is 70.6 Å². The number of nitrogens with zero attached hydrogens (tertiary/aromatic N) is 6. The third-order valence-electron chi connectivity index (χ3n) is 6.51. The van der Waals surface area contributed by atoms with Gasteiger partial charge < -0.3 is 50.1 Å². The molecule has 0 spiro atoms. The Morgan fingerprint density at radius 3 is 1.10 bits per heavy atom. The third-order valence-corrected chi connectivity index (χ3v) is 9.70. The molecule has 2 aromatic carbocycles. The van der Waals surface area contributed by atoms with Gasteiger partial charge in [0.25, 0.3) is 0 Å². The zero-order chi connectivity index (χ0) is 39.9. The van der Waals surface area contributed by atoms with Crippen LogP contribution in [0.3, 0.4) is 0 Å². The number of anilines is 8. The van der Waals surface area contributed by atoms with E-state index in [1.54, 1.807) is 0 Å². The Morgan fingerprint density at radius 2 is 0.810 bits per heavy atom. The average Bonchev–Trinajstić information content (AvgIpc) is 3.05. The van der Waals surface area contributed by atoms with Crippen LogP contribution < -0.4 is 150 Å². The number of nitrogens with one attached hydrogen (secondary N) is 6. The van der Waals surface area contributed by atoms with Gasteiger partial charge in [0.1, 0.15) is 20.2 Å². The van der Waals surface area contributed by atoms with E-state index in [1.165, 1.54) is 38.4 Å². The van der Waals surface area contributed by atoms with Gasteiger partial charge in [-0.1, -0.05) is 24.3 Å².